The Balaban J connectivity index is 2.12. The van der Waals surface area contributed by atoms with Crippen molar-refractivity contribution in [2.75, 3.05) is 12.3 Å². The Morgan fingerprint density at radius 3 is 2.74 bits per heavy atom. The predicted octanol–water partition coefficient (Wildman–Crippen LogP) is 2.32. The molecule has 1 unspecified atom stereocenters. The van der Waals surface area contributed by atoms with Crippen molar-refractivity contribution in [1.29, 1.82) is 0 Å². The number of aldehydes is 1. The summed E-state index contributed by atoms with van der Waals surface area (Å²) in [5.74, 6) is 1.41. The minimum atomic E-state index is -0.441. The topological polar surface area (TPSA) is 112 Å². The molecule has 0 amide bonds. The van der Waals surface area contributed by atoms with E-state index in [1.807, 2.05) is 24.3 Å². The Kier molecular flexibility index (Phi) is 5.43. The number of aromatic nitrogens is 3. The number of nitrogens with zero attached hydrogens (tertiary/aromatic N) is 3. The smallest absolute Gasteiger partial charge is 0.152 e. The van der Waals surface area contributed by atoms with Crippen molar-refractivity contribution in [3.63, 3.8) is 0 Å². The van der Waals surface area contributed by atoms with Crippen molar-refractivity contribution in [3.8, 4) is 0 Å². The highest BCUT2D eigenvalue weighted by Gasteiger charge is 2.27. The molecule has 7 nitrogen and oxygen atoms in total. The van der Waals surface area contributed by atoms with Gasteiger partial charge in [0.1, 0.15) is 17.6 Å². The van der Waals surface area contributed by atoms with E-state index in [9.17, 15) is 4.79 Å². The summed E-state index contributed by atoms with van der Waals surface area (Å²) >= 11 is 0. The maximum Gasteiger partial charge on any atom is 0.152 e. The number of imidazole rings is 1. The summed E-state index contributed by atoms with van der Waals surface area (Å²) in [5.41, 5.74) is 14.4. The monoisotopic (exact) mass is 368 g/mol. The zero-order chi connectivity index (χ0) is 19.6. The normalized spacial score (nSPS) is 13.3. The summed E-state index contributed by atoms with van der Waals surface area (Å²) in [6, 6.07) is 7.52. The molecule has 0 saturated heterocycles. The van der Waals surface area contributed by atoms with E-state index < -0.39 is 6.04 Å². The van der Waals surface area contributed by atoms with Gasteiger partial charge in [0.15, 0.2) is 5.82 Å². The molecule has 5 N–H and O–H groups in total. The molecule has 0 aliphatic heterocycles. The van der Waals surface area contributed by atoms with Crippen molar-refractivity contribution in [2.24, 2.45) is 5.73 Å². The van der Waals surface area contributed by atoms with Gasteiger partial charge >= 0.3 is 0 Å². The van der Waals surface area contributed by atoms with E-state index in [0.29, 0.717) is 25.5 Å². The van der Waals surface area contributed by atoms with Gasteiger partial charge in [-0.15, -0.1) is 0 Å². The van der Waals surface area contributed by atoms with Crippen molar-refractivity contribution >= 4 is 34.0 Å². The Labute approximate surface area is 159 Å². The maximum atomic E-state index is 10.7. The number of rotatable bonds is 8. The molecule has 0 bridgehead atoms. The van der Waals surface area contributed by atoms with Crippen LogP contribution in [0, 0.1) is 0 Å². The zero-order valence-electron chi connectivity index (χ0n) is 16.2. The number of benzene rings is 1. The van der Waals surface area contributed by atoms with Gasteiger partial charge in [-0.1, -0.05) is 39.0 Å². The zero-order valence-corrected chi connectivity index (χ0v) is 16.2. The van der Waals surface area contributed by atoms with Gasteiger partial charge in [0.2, 0.25) is 0 Å². The molecule has 3 rings (SSSR count). The number of carbonyl (C=O) groups is 1. The summed E-state index contributed by atoms with van der Waals surface area (Å²) in [7, 11) is 0. The van der Waals surface area contributed by atoms with Crippen molar-refractivity contribution < 1.29 is 4.79 Å². The fourth-order valence-electron chi connectivity index (χ4n) is 3.21. The standard InChI is InChI=1S/C20H28N6O/c1-4-20(2,3)19-25-16-17(26(19)12-23-10-9-13(21)11-27)14-7-5-6-8-15(14)24-18(16)22/h5-8,11,13,23H,4,9-10,12,21H2,1-3H3,(H2,22,24). The number of para-hydroxylation sites is 1. The van der Waals surface area contributed by atoms with Gasteiger partial charge < -0.3 is 20.8 Å². The molecule has 2 aromatic heterocycles. The summed E-state index contributed by atoms with van der Waals surface area (Å²) in [6.45, 7) is 7.72. The van der Waals surface area contributed by atoms with Gasteiger partial charge in [-0.25, -0.2) is 9.97 Å². The van der Waals surface area contributed by atoms with Gasteiger partial charge in [-0.2, -0.15) is 0 Å². The molecule has 0 spiro atoms. The second-order valence-corrected chi connectivity index (χ2v) is 7.56. The second-order valence-electron chi connectivity index (χ2n) is 7.56. The van der Waals surface area contributed by atoms with Crippen LogP contribution in [0.5, 0.6) is 0 Å². The quantitative estimate of drug-likeness (QED) is 0.415. The summed E-state index contributed by atoms with van der Waals surface area (Å²) in [6.07, 6.45) is 2.31. The van der Waals surface area contributed by atoms with E-state index in [-0.39, 0.29) is 5.41 Å². The summed E-state index contributed by atoms with van der Waals surface area (Å²) < 4.78 is 2.19. The van der Waals surface area contributed by atoms with Gasteiger partial charge in [-0.05, 0) is 25.5 Å². The molecule has 0 fully saturated rings. The third kappa shape index (κ3) is 3.65. The Morgan fingerprint density at radius 1 is 1.30 bits per heavy atom. The molecule has 0 saturated carbocycles. The van der Waals surface area contributed by atoms with E-state index >= 15 is 0 Å². The van der Waals surface area contributed by atoms with Crippen LogP contribution >= 0.6 is 0 Å². The molecule has 0 aliphatic carbocycles. The lowest BCUT2D eigenvalue weighted by Gasteiger charge is -2.24. The number of hydrogen-bond acceptors (Lipinski definition) is 6. The van der Waals surface area contributed by atoms with Crippen LogP contribution in [-0.4, -0.2) is 33.4 Å². The Bertz CT molecular complexity index is 962. The Morgan fingerprint density at radius 2 is 2.04 bits per heavy atom. The Hall–Kier alpha value is -2.51. The highest BCUT2D eigenvalue weighted by molar-refractivity contribution is 6.06. The first-order chi connectivity index (χ1) is 12.9. The largest absolute Gasteiger partial charge is 0.382 e. The number of hydrogen-bond donors (Lipinski definition) is 3. The van der Waals surface area contributed by atoms with E-state index in [1.165, 1.54) is 0 Å². The highest BCUT2D eigenvalue weighted by Crippen LogP contribution is 2.34. The molecule has 0 radical (unpaired) electrons. The molecule has 1 atom stereocenters. The van der Waals surface area contributed by atoms with E-state index in [0.717, 1.165) is 40.5 Å². The molecule has 1 aromatic carbocycles. The second kappa shape index (κ2) is 7.62. The first kappa shape index (κ1) is 19.3. The molecular formula is C20H28N6O. The number of nitrogens with one attached hydrogen (secondary N) is 1. The van der Waals surface area contributed by atoms with E-state index in [4.69, 9.17) is 16.5 Å². The van der Waals surface area contributed by atoms with Crippen LogP contribution in [-0.2, 0) is 16.9 Å². The van der Waals surface area contributed by atoms with Crippen LogP contribution in [0.25, 0.3) is 21.9 Å². The number of fused-ring (bicyclic) bond motifs is 3. The van der Waals surface area contributed by atoms with Crippen molar-refractivity contribution in [2.45, 2.75) is 51.7 Å². The molecular weight excluding hydrogens is 340 g/mol. The van der Waals surface area contributed by atoms with Gasteiger partial charge in [0, 0.05) is 10.8 Å². The van der Waals surface area contributed by atoms with Crippen molar-refractivity contribution in [3.05, 3.63) is 30.1 Å². The number of pyridine rings is 1. The number of anilines is 1. The fourth-order valence-corrected chi connectivity index (χ4v) is 3.21. The van der Waals surface area contributed by atoms with E-state index in [2.05, 4.69) is 35.6 Å². The third-order valence-corrected chi connectivity index (χ3v) is 5.20. The van der Waals surface area contributed by atoms with Gasteiger partial charge in [0.05, 0.1) is 23.7 Å². The van der Waals surface area contributed by atoms with Crippen molar-refractivity contribution in [1.82, 2.24) is 19.9 Å². The molecule has 3 aromatic rings. The molecule has 2 heterocycles. The fraction of sp³-hybridized carbons (Fsp3) is 0.450. The van der Waals surface area contributed by atoms with Crippen LogP contribution in [0.2, 0.25) is 0 Å². The van der Waals surface area contributed by atoms with E-state index in [1.54, 1.807) is 0 Å². The average Bonchev–Trinajstić information content (AvgIpc) is 3.06. The number of nitrogens with two attached hydrogens (primary N) is 2. The first-order valence-electron chi connectivity index (χ1n) is 9.35. The number of carbonyl (C=O) groups excluding carboxylic acids is 1. The van der Waals surface area contributed by atoms with Crippen LogP contribution in [0.15, 0.2) is 24.3 Å². The molecule has 144 valence electrons. The minimum absolute atomic E-state index is 0.118. The van der Waals surface area contributed by atoms with Crippen LogP contribution in [0.1, 0.15) is 39.4 Å². The van der Waals surface area contributed by atoms with Gasteiger partial charge in [0.25, 0.3) is 0 Å². The molecule has 7 heteroatoms. The summed E-state index contributed by atoms with van der Waals surface area (Å²) in [5, 5.41) is 4.42. The lowest BCUT2D eigenvalue weighted by atomic mass is 9.89. The van der Waals surface area contributed by atoms with Crippen LogP contribution in [0.3, 0.4) is 0 Å². The molecule has 0 aliphatic rings. The highest BCUT2D eigenvalue weighted by atomic mass is 16.1. The SMILES string of the molecule is CCC(C)(C)c1nc2c(N)nc3ccccc3c2n1CNCCC(N)C=O. The predicted molar refractivity (Wildman–Crippen MR) is 109 cm³/mol. The lowest BCUT2D eigenvalue weighted by Crippen LogP contribution is -2.31. The third-order valence-electron chi connectivity index (χ3n) is 5.20. The average molecular weight is 368 g/mol. The van der Waals surface area contributed by atoms with Gasteiger partial charge in [-0.3, -0.25) is 5.32 Å². The summed E-state index contributed by atoms with van der Waals surface area (Å²) in [4.78, 5) is 20.1. The first-order valence-corrected chi connectivity index (χ1v) is 9.35. The van der Waals surface area contributed by atoms with Crippen LogP contribution < -0.4 is 16.8 Å². The number of nitrogen functional groups attached to an aromatic ring is 1. The minimum Gasteiger partial charge on any atom is -0.382 e. The maximum absolute atomic E-state index is 10.7. The lowest BCUT2D eigenvalue weighted by molar-refractivity contribution is -0.109. The molecule has 27 heavy (non-hydrogen) atoms. The van der Waals surface area contributed by atoms with Crippen LogP contribution in [0.4, 0.5) is 5.82 Å².